The summed E-state index contributed by atoms with van der Waals surface area (Å²) in [5.41, 5.74) is 2.61. The normalized spacial score (nSPS) is 26.2. The third kappa shape index (κ3) is 3.98. The number of ether oxygens (including phenoxy) is 1. The maximum atomic E-state index is 5.44. The van der Waals surface area contributed by atoms with Crippen LogP contribution in [0.2, 0.25) is 0 Å². The number of methoxy groups -OCH3 is 1. The second-order valence-corrected chi connectivity index (χ2v) is 4.68. The highest BCUT2D eigenvalue weighted by molar-refractivity contribution is 5.79. The van der Waals surface area contributed by atoms with Gasteiger partial charge in [0.2, 0.25) is 5.96 Å². The van der Waals surface area contributed by atoms with E-state index < -0.39 is 0 Å². The van der Waals surface area contributed by atoms with E-state index in [2.05, 4.69) is 29.6 Å². The van der Waals surface area contributed by atoms with Gasteiger partial charge in [-0.3, -0.25) is 10.4 Å². The Morgan fingerprint density at radius 2 is 2.25 bits per heavy atom. The number of hydrazine groups is 1. The summed E-state index contributed by atoms with van der Waals surface area (Å²) >= 11 is 0. The molecule has 2 unspecified atom stereocenters. The first-order valence-electron chi connectivity index (χ1n) is 5.97. The molecule has 0 heterocycles. The molecule has 1 saturated carbocycles. The van der Waals surface area contributed by atoms with Crippen LogP contribution in [-0.4, -0.2) is 31.8 Å². The van der Waals surface area contributed by atoms with E-state index in [0.717, 1.165) is 19.4 Å². The van der Waals surface area contributed by atoms with Crippen molar-refractivity contribution in [1.82, 2.24) is 10.7 Å². The summed E-state index contributed by atoms with van der Waals surface area (Å²) < 4.78 is 5.41. The molecule has 1 aliphatic rings. The van der Waals surface area contributed by atoms with Crippen molar-refractivity contribution < 1.29 is 4.74 Å². The molecular weight excluding hydrogens is 204 g/mol. The van der Waals surface area contributed by atoms with Gasteiger partial charge < -0.3 is 10.1 Å². The summed E-state index contributed by atoms with van der Waals surface area (Å²) in [6, 6.07) is 0.326. The fourth-order valence-electron chi connectivity index (χ4n) is 1.96. The van der Waals surface area contributed by atoms with Crippen molar-refractivity contribution in [2.24, 2.45) is 16.8 Å². The van der Waals surface area contributed by atoms with Gasteiger partial charge in [-0.25, -0.2) is 5.84 Å². The molecule has 0 saturated heterocycles. The standard InChI is InChI=1S/C11H24N4O/c1-8(2)7-13-11(15-12)14-9-5-4-6-10(9)16-3/h8-10H,4-7,12H2,1-3H3,(H2,13,14,15). The lowest BCUT2D eigenvalue weighted by Gasteiger charge is -2.21. The molecule has 5 nitrogen and oxygen atoms in total. The Hall–Kier alpha value is -0.810. The molecular formula is C11H24N4O. The van der Waals surface area contributed by atoms with E-state index in [4.69, 9.17) is 10.6 Å². The summed E-state index contributed by atoms with van der Waals surface area (Å²) in [7, 11) is 1.76. The van der Waals surface area contributed by atoms with Crippen LogP contribution < -0.4 is 16.6 Å². The van der Waals surface area contributed by atoms with Gasteiger partial charge in [-0.15, -0.1) is 0 Å². The molecule has 0 radical (unpaired) electrons. The van der Waals surface area contributed by atoms with Crippen LogP contribution in [0.4, 0.5) is 0 Å². The molecule has 4 N–H and O–H groups in total. The van der Waals surface area contributed by atoms with Crippen LogP contribution in [0.1, 0.15) is 33.1 Å². The molecule has 5 heteroatoms. The Bertz CT molecular complexity index is 230. The van der Waals surface area contributed by atoms with Crippen LogP contribution in [0.15, 0.2) is 4.99 Å². The summed E-state index contributed by atoms with van der Waals surface area (Å²) in [5.74, 6) is 6.64. The molecule has 0 aromatic heterocycles. The number of aliphatic imine (C=N–C) groups is 1. The van der Waals surface area contributed by atoms with Gasteiger partial charge in [0.05, 0.1) is 12.1 Å². The molecule has 16 heavy (non-hydrogen) atoms. The van der Waals surface area contributed by atoms with E-state index >= 15 is 0 Å². The number of nitrogens with two attached hydrogens (primary N) is 1. The first kappa shape index (κ1) is 13.3. The lowest BCUT2D eigenvalue weighted by atomic mass is 10.2. The Morgan fingerprint density at radius 1 is 1.50 bits per heavy atom. The number of hydrogen-bond acceptors (Lipinski definition) is 3. The zero-order valence-electron chi connectivity index (χ0n) is 10.5. The average Bonchev–Trinajstić information content (AvgIpc) is 2.70. The average molecular weight is 228 g/mol. The molecule has 0 spiro atoms. The summed E-state index contributed by atoms with van der Waals surface area (Å²) in [6.45, 7) is 5.03. The quantitative estimate of drug-likeness (QED) is 0.285. The minimum Gasteiger partial charge on any atom is -0.379 e. The minimum atomic E-state index is 0.276. The van der Waals surface area contributed by atoms with Gasteiger partial charge in [-0.1, -0.05) is 13.8 Å². The molecule has 94 valence electrons. The Balaban J connectivity index is 2.46. The van der Waals surface area contributed by atoms with Gasteiger partial charge in [0.25, 0.3) is 0 Å². The van der Waals surface area contributed by atoms with Crippen LogP contribution in [0, 0.1) is 5.92 Å². The largest absolute Gasteiger partial charge is 0.379 e. The third-order valence-corrected chi connectivity index (χ3v) is 2.83. The third-order valence-electron chi connectivity index (χ3n) is 2.83. The van der Waals surface area contributed by atoms with Crippen molar-refractivity contribution in [2.45, 2.75) is 45.3 Å². The van der Waals surface area contributed by atoms with Crippen molar-refractivity contribution >= 4 is 5.96 Å². The van der Waals surface area contributed by atoms with E-state index in [1.54, 1.807) is 7.11 Å². The minimum absolute atomic E-state index is 0.276. The number of nitrogens with one attached hydrogen (secondary N) is 2. The smallest absolute Gasteiger partial charge is 0.206 e. The van der Waals surface area contributed by atoms with Crippen molar-refractivity contribution in [1.29, 1.82) is 0 Å². The van der Waals surface area contributed by atoms with Crippen LogP contribution in [0.3, 0.4) is 0 Å². The van der Waals surface area contributed by atoms with Crippen LogP contribution in [-0.2, 0) is 4.74 Å². The Labute approximate surface area is 97.8 Å². The first-order chi connectivity index (χ1) is 7.67. The maximum absolute atomic E-state index is 5.44. The van der Waals surface area contributed by atoms with Crippen LogP contribution in [0.25, 0.3) is 0 Å². The topological polar surface area (TPSA) is 71.7 Å². The fourth-order valence-corrected chi connectivity index (χ4v) is 1.96. The summed E-state index contributed by atoms with van der Waals surface area (Å²) in [4.78, 5) is 4.39. The Morgan fingerprint density at radius 3 is 2.81 bits per heavy atom. The summed E-state index contributed by atoms with van der Waals surface area (Å²) in [5, 5.41) is 3.31. The lowest BCUT2D eigenvalue weighted by molar-refractivity contribution is 0.0904. The van der Waals surface area contributed by atoms with Gasteiger partial charge in [-0.05, 0) is 25.2 Å². The van der Waals surface area contributed by atoms with Crippen molar-refractivity contribution in [3.05, 3.63) is 0 Å². The maximum Gasteiger partial charge on any atom is 0.206 e. The van der Waals surface area contributed by atoms with Gasteiger partial charge in [0, 0.05) is 13.7 Å². The zero-order chi connectivity index (χ0) is 12.0. The first-order valence-corrected chi connectivity index (χ1v) is 5.97. The van der Waals surface area contributed by atoms with Gasteiger partial charge in [-0.2, -0.15) is 0 Å². The van der Waals surface area contributed by atoms with E-state index in [-0.39, 0.29) is 6.10 Å². The van der Waals surface area contributed by atoms with E-state index in [1.165, 1.54) is 6.42 Å². The lowest BCUT2D eigenvalue weighted by Crippen LogP contribution is -2.49. The van der Waals surface area contributed by atoms with E-state index in [1.807, 2.05) is 0 Å². The Kier molecular flexibility index (Phi) is 5.55. The SMILES string of the molecule is COC1CCCC1NC(=NCC(C)C)NN. The zero-order valence-corrected chi connectivity index (χ0v) is 10.5. The highest BCUT2D eigenvalue weighted by Gasteiger charge is 2.27. The molecule has 0 aromatic rings. The van der Waals surface area contributed by atoms with Crippen molar-refractivity contribution in [3.8, 4) is 0 Å². The molecule has 1 rings (SSSR count). The molecule has 0 amide bonds. The number of rotatable bonds is 4. The molecule has 0 aromatic carbocycles. The van der Waals surface area contributed by atoms with Crippen molar-refractivity contribution in [2.75, 3.05) is 13.7 Å². The highest BCUT2D eigenvalue weighted by Crippen LogP contribution is 2.21. The second-order valence-electron chi connectivity index (χ2n) is 4.68. The predicted molar refractivity (Wildman–Crippen MR) is 66.0 cm³/mol. The second kappa shape index (κ2) is 6.70. The van der Waals surface area contributed by atoms with Crippen molar-refractivity contribution in [3.63, 3.8) is 0 Å². The van der Waals surface area contributed by atoms with Crippen LogP contribution >= 0.6 is 0 Å². The summed E-state index contributed by atoms with van der Waals surface area (Å²) in [6.07, 6.45) is 3.69. The van der Waals surface area contributed by atoms with Crippen LogP contribution in [0.5, 0.6) is 0 Å². The number of guanidine groups is 1. The van der Waals surface area contributed by atoms with Gasteiger partial charge in [0.1, 0.15) is 0 Å². The number of nitrogens with zero attached hydrogens (tertiary/aromatic N) is 1. The van der Waals surface area contributed by atoms with E-state index in [0.29, 0.717) is 17.9 Å². The molecule has 1 fully saturated rings. The molecule has 0 bridgehead atoms. The molecule has 1 aliphatic carbocycles. The van der Waals surface area contributed by atoms with E-state index in [9.17, 15) is 0 Å². The molecule has 2 atom stereocenters. The van der Waals surface area contributed by atoms with Gasteiger partial charge in [0.15, 0.2) is 0 Å². The predicted octanol–water partition coefficient (Wildman–Crippen LogP) is 0.619. The molecule has 0 aliphatic heterocycles. The highest BCUT2D eigenvalue weighted by atomic mass is 16.5. The van der Waals surface area contributed by atoms with Gasteiger partial charge >= 0.3 is 0 Å². The fraction of sp³-hybridized carbons (Fsp3) is 0.909. The number of hydrogen-bond donors (Lipinski definition) is 3. The monoisotopic (exact) mass is 228 g/mol.